The van der Waals surface area contributed by atoms with Crippen LogP contribution in [-0.4, -0.2) is 41.7 Å². The third-order valence-electron chi connectivity index (χ3n) is 3.24. The molecule has 98 valence electrons. The van der Waals surface area contributed by atoms with Crippen molar-refractivity contribution in [2.75, 3.05) is 19.8 Å². The van der Waals surface area contributed by atoms with Gasteiger partial charge in [-0.25, -0.2) is 0 Å². The number of aliphatic hydroxyl groups is 1. The first-order chi connectivity index (χ1) is 8.81. The van der Waals surface area contributed by atoms with Crippen LogP contribution < -0.4 is 4.74 Å². The van der Waals surface area contributed by atoms with E-state index < -0.39 is 0 Å². The minimum Gasteiger partial charge on any atom is -0.493 e. The van der Waals surface area contributed by atoms with Crippen LogP contribution in [0.25, 0.3) is 0 Å². The first kappa shape index (κ1) is 12.9. The van der Waals surface area contributed by atoms with Gasteiger partial charge in [-0.2, -0.15) is 0 Å². The fourth-order valence-corrected chi connectivity index (χ4v) is 2.27. The van der Waals surface area contributed by atoms with Crippen molar-refractivity contribution in [3.8, 4) is 5.75 Å². The van der Waals surface area contributed by atoms with Crippen molar-refractivity contribution in [2.24, 2.45) is 0 Å². The molecule has 0 aliphatic carbocycles. The maximum atomic E-state index is 11.9. The summed E-state index contributed by atoms with van der Waals surface area (Å²) in [5.41, 5.74) is 0. The summed E-state index contributed by atoms with van der Waals surface area (Å²) in [4.78, 5) is 13.7. The molecule has 18 heavy (non-hydrogen) atoms. The summed E-state index contributed by atoms with van der Waals surface area (Å²) < 4.78 is 5.50. The highest BCUT2D eigenvalue weighted by atomic mass is 16.5. The normalized spacial score (nSPS) is 18.9. The van der Waals surface area contributed by atoms with Crippen LogP contribution in [0.1, 0.15) is 19.3 Å². The Hall–Kier alpha value is -1.55. The number of para-hydroxylation sites is 1. The van der Waals surface area contributed by atoms with Gasteiger partial charge in [0.15, 0.2) is 0 Å². The number of ether oxygens (including phenoxy) is 1. The van der Waals surface area contributed by atoms with Gasteiger partial charge in [0, 0.05) is 6.54 Å². The summed E-state index contributed by atoms with van der Waals surface area (Å²) in [5, 5.41) is 9.16. The van der Waals surface area contributed by atoms with Crippen LogP contribution in [0.15, 0.2) is 30.3 Å². The van der Waals surface area contributed by atoms with Gasteiger partial charge in [0.2, 0.25) is 5.91 Å². The van der Waals surface area contributed by atoms with Gasteiger partial charge in [0.1, 0.15) is 5.75 Å². The van der Waals surface area contributed by atoms with Gasteiger partial charge in [-0.15, -0.1) is 0 Å². The number of aliphatic hydroxyl groups excluding tert-OH is 1. The Morgan fingerprint density at radius 3 is 2.89 bits per heavy atom. The number of hydrogen-bond donors (Lipinski definition) is 1. The molecule has 0 spiro atoms. The fourth-order valence-electron chi connectivity index (χ4n) is 2.27. The van der Waals surface area contributed by atoms with Crippen molar-refractivity contribution in [1.82, 2.24) is 4.90 Å². The van der Waals surface area contributed by atoms with E-state index in [2.05, 4.69) is 0 Å². The highest BCUT2D eigenvalue weighted by Gasteiger charge is 2.27. The van der Waals surface area contributed by atoms with Crippen molar-refractivity contribution in [2.45, 2.75) is 25.3 Å². The van der Waals surface area contributed by atoms with E-state index in [1.54, 1.807) is 4.90 Å². The van der Waals surface area contributed by atoms with Crippen molar-refractivity contribution in [1.29, 1.82) is 0 Å². The van der Waals surface area contributed by atoms with Crippen LogP contribution in [-0.2, 0) is 4.79 Å². The smallest absolute Gasteiger partial charge is 0.226 e. The predicted octanol–water partition coefficient (Wildman–Crippen LogP) is 1.44. The zero-order valence-corrected chi connectivity index (χ0v) is 10.4. The summed E-state index contributed by atoms with van der Waals surface area (Å²) in [6, 6.07) is 9.48. The third kappa shape index (κ3) is 3.23. The summed E-state index contributed by atoms with van der Waals surface area (Å²) in [7, 11) is 0. The zero-order valence-electron chi connectivity index (χ0n) is 10.4. The Labute approximate surface area is 107 Å². The monoisotopic (exact) mass is 249 g/mol. The maximum Gasteiger partial charge on any atom is 0.226 e. The number of nitrogens with zero attached hydrogens (tertiary/aromatic N) is 1. The topological polar surface area (TPSA) is 49.8 Å². The second kappa shape index (κ2) is 6.40. The van der Waals surface area contributed by atoms with E-state index in [0.29, 0.717) is 13.0 Å². The second-order valence-corrected chi connectivity index (χ2v) is 4.48. The van der Waals surface area contributed by atoms with Gasteiger partial charge in [0.05, 0.1) is 25.7 Å². The lowest BCUT2D eigenvalue weighted by Gasteiger charge is -2.22. The Morgan fingerprint density at radius 2 is 2.17 bits per heavy atom. The van der Waals surface area contributed by atoms with Gasteiger partial charge < -0.3 is 14.7 Å². The standard InChI is InChI=1S/C14H19NO3/c16-11-12-5-4-9-15(12)14(17)8-10-18-13-6-2-1-3-7-13/h1-3,6-7,12,16H,4-5,8-11H2/t12-/m0/s1. The molecular weight excluding hydrogens is 230 g/mol. The number of benzene rings is 1. The highest BCUT2D eigenvalue weighted by Crippen LogP contribution is 2.17. The SMILES string of the molecule is O=C(CCOc1ccccc1)N1CCC[C@H]1CO. The van der Waals surface area contributed by atoms with Crippen molar-refractivity contribution in [3.05, 3.63) is 30.3 Å². The van der Waals surface area contributed by atoms with Crippen molar-refractivity contribution in [3.63, 3.8) is 0 Å². The van der Waals surface area contributed by atoms with Crippen LogP contribution in [0.2, 0.25) is 0 Å². The summed E-state index contributed by atoms with van der Waals surface area (Å²) in [5.74, 6) is 0.855. The van der Waals surface area contributed by atoms with E-state index in [9.17, 15) is 4.79 Å². The van der Waals surface area contributed by atoms with E-state index in [4.69, 9.17) is 9.84 Å². The number of carbonyl (C=O) groups is 1. The molecule has 1 aliphatic rings. The predicted molar refractivity (Wildman–Crippen MR) is 68.4 cm³/mol. The Bertz CT molecular complexity index is 380. The average molecular weight is 249 g/mol. The molecule has 0 aromatic heterocycles. The highest BCUT2D eigenvalue weighted by molar-refractivity contribution is 5.77. The molecule has 1 aromatic carbocycles. The minimum atomic E-state index is 0.00854. The quantitative estimate of drug-likeness (QED) is 0.859. The van der Waals surface area contributed by atoms with E-state index in [0.717, 1.165) is 25.1 Å². The first-order valence-corrected chi connectivity index (χ1v) is 6.39. The molecule has 2 rings (SSSR count). The fraction of sp³-hybridized carbons (Fsp3) is 0.500. The second-order valence-electron chi connectivity index (χ2n) is 4.48. The molecule has 1 amide bonds. The largest absolute Gasteiger partial charge is 0.493 e. The Kier molecular flexibility index (Phi) is 4.59. The summed E-state index contributed by atoms with van der Waals surface area (Å²) in [6.07, 6.45) is 2.25. The van der Waals surface area contributed by atoms with E-state index in [1.807, 2.05) is 30.3 Å². The van der Waals surface area contributed by atoms with E-state index >= 15 is 0 Å². The van der Waals surface area contributed by atoms with Crippen LogP contribution in [0, 0.1) is 0 Å². The first-order valence-electron chi connectivity index (χ1n) is 6.39. The van der Waals surface area contributed by atoms with E-state index in [-0.39, 0.29) is 18.6 Å². The zero-order chi connectivity index (χ0) is 12.8. The molecule has 1 atom stereocenters. The van der Waals surface area contributed by atoms with Crippen LogP contribution in [0.5, 0.6) is 5.75 Å². The van der Waals surface area contributed by atoms with Crippen molar-refractivity contribution < 1.29 is 14.6 Å². The molecule has 1 aromatic rings. The molecule has 0 radical (unpaired) electrons. The molecule has 0 saturated carbocycles. The van der Waals surface area contributed by atoms with Gasteiger partial charge in [0.25, 0.3) is 0 Å². The van der Waals surface area contributed by atoms with Crippen LogP contribution in [0.3, 0.4) is 0 Å². The summed E-state index contributed by atoms with van der Waals surface area (Å²) >= 11 is 0. The van der Waals surface area contributed by atoms with Gasteiger partial charge >= 0.3 is 0 Å². The van der Waals surface area contributed by atoms with Crippen LogP contribution >= 0.6 is 0 Å². The lowest BCUT2D eigenvalue weighted by atomic mass is 10.2. The Morgan fingerprint density at radius 1 is 1.39 bits per heavy atom. The van der Waals surface area contributed by atoms with Gasteiger partial charge in [-0.3, -0.25) is 4.79 Å². The number of amides is 1. The lowest BCUT2D eigenvalue weighted by Crippen LogP contribution is -2.38. The summed E-state index contributed by atoms with van der Waals surface area (Å²) in [6.45, 7) is 1.21. The van der Waals surface area contributed by atoms with Gasteiger partial charge in [-0.1, -0.05) is 18.2 Å². The number of rotatable bonds is 5. The molecule has 4 heteroatoms. The number of likely N-dealkylation sites (tertiary alicyclic amines) is 1. The van der Waals surface area contributed by atoms with Crippen LogP contribution in [0.4, 0.5) is 0 Å². The third-order valence-corrected chi connectivity index (χ3v) is 3.24. The van der Waals surface area contributed by atoms with Gasteiger partial charge in [-0.05, 0) is 25.0 Å². The molecule has 1 aliphatic heterocycles. The maximum absolute atomic E-state index is 11.9. The molecule has 4 nitrogen and oxygen atoms in total. The molecule has 1 heterocycles. The molecule has 1 fully saturated rings. The average Bonchev–Trinajstić information content (AvgIpc) is 2.88. The number of hydrogen-bond acceptors (Lipinski definition) is 3. The number of carbonyl (C=O) groups excluding carboxylic acids is 1. The lowest BCUT2D eigenvalue weighted by molar-refractivity contribution is -0.133. The van der Waals surface area contributed by atoms with Crippen molar-refractivity contribution >= 4 is 5.91 Å². The molecule has 1 N–H and O–H groups in total. The molecule has 0 bridgehead atoms. The molecule has 1 saturated heterocycles. The minimum absolute atomic E-state index is 0.00854. The van der Waals surface area contributed by atoms with E-state index in [1.165, 1.54) is 0 Å². The Balaban J connectivity index is 1.75. The molecular formula is C14H19NO3. The molecule has 0 unspecified atom stereocenters.